The number of fused-ring (bicyclic) bond motifs is 1. The van der Waals surface area contributed by atoms with Crippen LogP contribution in [0.3, 0.4) is 0 Å². The van der Waals surface area contributed by atoms with Gasteiger partial charge in [-0.25, -0.2) is 4.79 Å². The lowest BCUT2D eigenvalue weighted by Crippen LogP contribution is -2.26. The lowest BCUT2D eigenvalue weighted by Gasteiger charge is -2.21. The van der Waals surface area contributed by atoms with Crippen LogP contribution in [0.25, 0.3) is 10.9 Å². The Bertz CT molecular complexity index is 900. The predicted molar refractivity (Wildman–Crippen MR) is 73.7 cm³/mol. The summed E-state index contributed by atoms with van der Waals surface area (Å²) in [6.45, 7) is 5.57. The molecule has 2 rings (SSSR count). The van der Waals surface area contributed by atoms with Crippen LogP contribution < -0.4 is 11.2 Å². The van der Waals surface area contributed by atoms with E-state index in [4.69, 9.17) is 0 Å². The van der Waals surface area contributed by atoms with Gasteiger partial charge in [0.2, 0.25) is 0 Å². The molecule has 3 N–H and O–H groups in total. The van der Waals surface area contributed by atoms with Crippen LogP contribution in [0.4, 0.5) is 0 Å². The van der Waals surface area contributed by atoms with Gasteiger partial charge in [-0.05, 0) is 17.0 Å². The highest BCUT2D eigenvalue weighted by molar-refractivity contribution is 7.86. The molecule has 0 spiro atoms. The molecule has 108 valence electrons. The third-order valence-corrected chi connectivity index (χ3v) is 3.84. The fourth-order valence-electron chi connectivity index (χ4n) is 2.09. The van der Waals surface area contributed by atoms with Crippen LogP contribution in [0.5, 0.6) is 0 Å². The van der Waals surface area contributed by atoms with Crippen LogP contribution in [0.15, 0.2) is 26.6 Å². The zero-order chi connectivity index (χ0) is 15.3. The Kier molecular flexibility index (Phi) is 3.10. The first-order chi connectivity index (χ1) is 9.01. The minimum atomic E-state index is -4.57. The van der Waals surface area contributed by atoms with E-state index in [1.165, 1.54) is 6.07 Å². The van der Waals surface area contributed by atoms with Crippen molar-refractivity contribution in [2.24, 2.45) is 0 Å². The lowest BCUT2D eigenvalue weighted by atomic mass is 9.85. The number of aromatic nitrogens is 2. The first kappa shape index (κ1) is 14.5. The topological polar surface area (TPSA) is 120 Å². The molecule has 0 amide bonds. The van der Waals surface area contributed by atoms with Gasteiger partial charge in [0.15, 0.2) is 0 Å². The molecule has 0 saturated heterocycles. The molecule has 2 aromatic rings. The summed E-state index contributed by atoms with van der Waals surface area (Å²) < 4.78 is 31.9. The maximum atomic E-state index is 11.9. The Morgan fingerprint density at radius 1 is 1.10 bits per heavy atom. The van der Waals surface area contributed by atoms with E-state index in [-0.39, 0.29) is 10.9 Å². The summed E-state index contributed by atoms with van der Waals surface area (Å²) in [5.41, 5.74) is -1.31. The van der Waals surface area contributed by atoms with Gasteiger partial charge < -0.3 is 4.98 Å². The maximum absolute atomic E-state index is 11.9. The Morgan fingerprint density at radius 2 is 1.70 bits per heavy atom. The standard InChI is InChI=1S/C12H14N2O5S/c1-12(2,3)6-4-5-7(20(17,18)19)8-9(6)13-11(16)14-10(8)15/h4-5H,1-3H3,(H,17,18,19)(H2,13,14,15,16). The number of nitrogens with one attached hydrogen (secondary N) is 2. The van der Waals surface area contributed by atoms with Crippen molar-refractivity contribution in [1.82, 2.24) is 9.97 Å². The Hall–Kier alpha value is -1.93. The fourth-order valence-corrected chi connectivity index (χ4v) is 2.78. The van der Waals surface area contributed by atoms with E-state index in [2.05, 4.69) is 4.98 Å². The lowest BCUT2D eigenvalue weighted by molar-refractivity contribution is 0.484. The molecule has 0 unspecified atom stereocenters. The van der Waals surface area contributed by atoms with Crippen molar-refractivity contribution >= 4 is 21.0 Å². The van der Waals surface area contributed by atoms with Gasteiger partial charge in [-0.15, -0.1) is 0 Å². The molecule has 0 fully saturated rings. The third-order valence-electron chi connectivity index (χ3n) is 2.95. The molecule has 0 bridgehead atoms. The summed E-state index contributed by atoms with van der Waals surface area (Å²) in [6, 6.07) is 2.63. The van der Waals surface area contributed by atoms with E-state index in [0.717, 1.165) is 6.07 Å². The molecule has 1 heterocycles. The zero-order valence-corrected chi connectivity index (χ0v) is 12.0. The number of H-pyrrole nitrogens is 2. The van der Waals surface area contributed by atoms with Crippen LogP contribution in [-0.4, -0.2) is 22.9 Å². The molecular formula is C12H14N2O5S. The van der Waals surface area contributed by atoms with E-state index >= 15 is 0 Å². The number of hydrogen-bond donors (Lipinski definition) is 3. The molecule has 0 aliphatic rings. The highest BCUT2D eigenvalue weighted by atomic mass is 32.2. The highest BCUT2D eigenvalue weighted by Crippen LogP contribution is 2.30. The van der Waals surface area contributed by atoms with Crippen molar-refractivity contribution in [3.8, 4) is 0 Å². The minimum Gasteiger partial charge on any atom is -0.306 e. The summed E-state index contributed by atoms with van der Waals surface area (Å²) >= 11 is 0. The quantitative estimate of drug-likeness (QED) is 0.671. The van der Waals surface area contributed by atoms with E-state index in [1.807, 2.05) is 25.8 Å². The predicted octanol–water partition coefficient (Wildman–Crippen LogP) is 0.761. The van der Waals surface area contributed by atoms with Crippen LogP contribution in [0.2, 0.25) is 0 Å². The van der Waals surface area contributed by atoms with Gasteiger partial charge in [-0.3, -0.25) is 14.3 Å². The molecule has 0 radical (unpaired) electrons. The van der Waals surface area contributed by atoms with Gasteiger partial charge in [-0.2, -0.15) is 8.42 Å². The van der Waals surface area contributed by atoms with Crippen molar-refractivity contribution in [2.75, 3.05) is 0 Å². The van der Waals surface area contributed by atoms with E-state index in [9.17, 15) is 22.6 Å². The van der Waals surface area contributed by atoms with Crippen LogP contribution in [-0.2, 0) is 15.5 Å². The van der Waals surface area contributed by atoms with E-state index < -0.39 is 31.7 Å². The van der Waals surface area contributed by atoms with Gasteiger partial charge in [0.25, 0.3) is 15.7 Å². The molecule has 1 aromatic carbocycles. The molecule has 20 heavy (non-hydrogen) atoms. The maximum Gasteiger partial charge on any atom is 0.326 e. The van der Waals surface area contributed by atoms with Crippen molar-refractivity contribution in [3.63, 3.8) is 0 Å². The summed E-state index contributed by atoms with van der Waals surface area (Å²) in [4.78, 5) is 27.2. The number of hydrogen-bond acceptors (Lipinski definition) is 4. The molecular weight excluding hydrogens is 284 g/mol. The fraction of sp³-hybridized carbons (Fsp3) is 0.333. The first-order valence-corrected chi connectivity index (χ1v) is 7.23. The molecule has 0 saturated carbocycles. The Labute approximate surface area is 114 Å². The molecule has 1 aromatic heterocycles. The second-order valence-corrected chi connectivity index (χ2v) is 6.88. The smallest absolute Gasteiger partial charge is 0.306 e. The Morgan fingerprint density at radius 3 is 2.20 bits per heavy atom. The van der Waals surface area contributed by atoms with Crippen LogP contribution in [0.1, 0.15) is 26.3 Å². The second-order valence-electron chi connectivity index (χ2n) is 5.49. The van der Waals surface area contributed by atoms with Gasteiger partial charge >= 0.3 is 5.69 Å². The SMILES string of the molecule is CC(C)(C)c1ccc(S(=O)(=O)O)c2c(=O)[nH]c(=O)[nH]c12. The third kappa shape index (κ3) is 2.39. The minimum absolute atomic E-state index is 0.112. The normalized spacial score (nSPS) is 12.8. The van der Waals surface area contributed by atoms with Crippen molar-refractivity contribution < 1.29 is 13.0 Å². The van der Waals surface area contributed by atoms with Gasteiger partial charge in [0, 0.05) is 0 Å². The van der Waals surface area contributed by atoms with E-state index in [1.54, 1.807) is 0 Å². The van der Waals surface area contributed by atoms with Crippen LogP contribution in [0, 0.1) is 0 Å². The highest BCUT2D eigenvalue weighted by Gasteiger charge is 2.24. The van der Waals surface area contributed by atoms with E-state index in [0.29, 0.717) is 5.56 Å². The summed E-state index contributed by atoms with van der Waals surface area (Å²) in [5, 5.41) is -0.250. The van der Waals surface area contributed by atoms with Crippen LogP contribution >= 0.6 is 0 Å². The number of benzene rings is 1. The second kappa shape index (κ2) is 4.29. The van der Waals surface area contributed by atoms with Gasteiger partial charge in [0.05, 0.1) is 10.9 Å². The largest absolute Gasteiger partial charge is 0.326 e. The van der Waals surface area contributed by atoms with Crippen molar-refractivity contribution in [1.29, 1.82) is 0 Å². The average Bonchev–Trinajstić information content (AvgIpc) is 2.24. The molecule has 0 aliphatic carbocycles. The van der Waals surface area contributed by atoms with Gasteiger partial charge in [-0.1, -0.05) is 26.8 Å². The Balaban J connectivity index is 3.14. The summed E-state index contributed by atoms with van der Waals surface area (Å²) in [5.74, 6) is 0. The van der Waals surface area contributed by atoms with Crippen molar-refractivity contribution in [2.45, 2.75) is 31.1 Å². The molecule has 8 heteroatoms. The number of aromatic amines is 2. The summed E-state index contributed by atoms with van der Waals surface area (Å²) in [7, 11) is -4.57. The monoisotopic (exact) mass is 298 g/mol. The van der Waals surface area contributed by atoms with Crippen molar-refractivity contribution in [3.05, 3.63) is 38.5 Å². The number of rotatable bonds is 1. The van der Waals surface area contributed by atoms with Gasteiger partial charge in [0.1, 0.15) is 4.90 Å². The molecule has 0 aliphatic heterocycles. The zero-order valence-electron chi connectivity index (χ0n) is 11.1. The average molecular weight is 298 g/mol. The first-order valence-electron chi connectivity index (χ1n) is 5.79. The summed E-state index contributed by atoms with van der Waals surface area (Å²) in [6.07, 6.45) is 0. The molecule has 0 atom stereocenters. The molecule has 7 nitrogen and oxygen atoms in total.